The van der Waals surface area contributed by atoms with Crippen LogP contribution in [0.3, 0.4) is 0 Å². The first-order chi connectivity index (χ1) is 9.15. The van der Waals surface area contributed by atoms with Gasteiger partial charge in [0.1, 0.15) is 0 Å². The van der Waals surface area contributed by atoms with Crippen LogP contribution in [0.25, 0.3) is 10.8 Å². The Morgan fingerprint density at radius 2 is 1.84 bits per heavy atom. The highest BCUT2D eigenvalue weighted by Gasteiger charge is 2.15. The van der Waals surface area contributed by atoms with Crippen LogP contribution in [0.2, 0.25) is 0 Å². The monoisotopic (exact) mass is 273 g/mol. The van der Waals surface area contributed by atoms with Crippen molar-refractivity contribution in [3.63, 3.8) is 0 Å². The smallest absolute Gasteiger partial charge is 0.278 e. The number of sulfonamides is 1. The van der Waals surface area contributed by atoms with E-state index in [1.807, 2.05) is 30.3 Å². The molecule has 0 aliphatic heterocycles. The third-order valence-electron chi connectivity index (χ3n) is 2.76. The van der Waals surface area contributed by atoms with E-state index in [1.54, 1.807) is 12.1 Å². The molecule has 3 aromatic rings. The fourth-order valence-corrected chi connectivity index (χ4v) is 2.81. The SMILES string of the molecule is O=S(=O)(Nc1ccc2ccccc2c1)c1cnc[nH]1. The lowest BCUT2D eigenvalue weighted by Crippen LogP contribution is -2.13. The molecule has 0 bridgehead atoms. The zero-order chi connectivity index (χ0) is 13.3. The van der Waals surface area contributed by atoms with Crippen molar-refractivity contribution in [3.05, 3.63) is 55.0 Å². The summed E-state index contributed by atoms with van der Waals surface area (Å²) in [4.78, 5) is 6.28. The Labute approximate surface area is 110 Å². The molecule has 1 heterocycles. The highest BCUT2D eigenvalue weighted by molar-refractivity contribution is 7.92. The predicted molar refractivity (Wildman–Crippen MR) is 73.3 cm³/mol. The van der Waals surface area contributed by atoms with Crippen molar-refractivity contribution in [1.29, 1.82) is 0 Å². The molecular weight excluding hydrogens is 262 g/mol. The second-order valence-electron chi connectivity index (χ2n) is 4.08. The van der Waals surface area contributed by atoms with E-state index in [4.69, 9.17) is 0 Å². The van der Waals surface area contributed by atoms with Crippen LogP contribution >= 0.6 is 0 Å². The van der Waals surface area contributed by atoms with Gasteiger partial charge in [-0.25, -0.2) is 4.98 Å². The van der Waals surface area contributed by atoms with Crippen LogP contribution in [0.4, 0.5) is 5.69 Å². The minimum atomic E-state index is -3.61. The van der Waals surface area contributed by atoms with E-state index in [1.165, 1.54) is 12.5 Å². The number of rotatable bonds is 3. The number of H-pyrrole nitrogens is 1. The second-order valence-corrected chi connectivity index (χ2v) is 5.73. The quantitative estimate of drug-likeness (QED) is 0.769. The molecule has 0 spiro atoms. The fraction of sp³-hybridized carbons (Fsp3) is 0. The summed E-state index contributed by atoms with van der Waals surface area (Å²) in [6.45, 7) is 0. The third-order valence-corrected chi connectivity index (χ3v) is 4.07. The summed E-state index contributed by atoms with van der Waals surface area (Å²) in [5.74, 6) is 0. The number of fused-ring (bicyclic) bond motifs is 1. The van der Waals surface area contributed by atoms with E-state index >= 15 is 0 Å². The van der Waals surface area contributed by atoms with Gasteiger partial charge in [0.05, 0.1) is 12.5 Å². The van der Waals surface area contributed by atoms with E-state index in [2.05, 4.69) is 14.7 Å². The van der Waals surface area contributed by atoms with Crippen LogP contribution in [0.15, 0.2) is 60.0 Å². The van der Waals surface area contributed by atoms with Gasteiger partial charge in [-0.1, -0.05) is 30.3 Å². The molecule has 2 N–H and O–H groups in total. The molecule has 0 unspecified atom stereocenters. The van der Waals surface area contributed by atoms with Gasteiger partial charge >= 0.3 is 0 Å². The van der Waals surface area contributed by atoms with E-state index in [-0.39, 0.29) is 5.03 Å². The minimum absolute atomic E-state index is 0.0423. The van der Waals surface area contributed by atoms with Gasteiger partial charge in [-0.3, -0.25) is 4.72 Å². The lowest BCUT2D eigenvalue weighted by Gasteiger charge is -2.07. The number of aromatic amines is 1. The largest absolute Gasteiger partial charge is 0.334 e. The second kappa shape index (κ2) is 4.40. The Kier molecular flexibility index (Phi) is 2.72. The van der Waals surface area contributed by atoms with Crippen molar-refractivity contribution < 1.29 is 8.42 Å². The zero-order valence-corrected chi connectivity index (χ0v) is 10.7. The van der Waals surface area contributed by atoms with Crippen molar-refractivity contribution in [1.82, 2.24) is 9.97 Å². The van der Waals surface area contributed by atoms with Crippen LogP contribution in [-0.2, 0) is 10.0 Å². The zero-order valence-electron chi connectivity index (χ0n) is 9.87. The predicted octanol–water partition coefficient (Wildman–Crippen LogP) is 2.36. The molecule has 0 fully saturated rings. The van der Waals surface area contributed by atoms with Crippen LogP contribution in [-0.4, -0.2) is 18.4 Å². The summed E-state index contributed by atoms with van der Waals surface area (Å²) in [5.41, 5.74) is 0.522. The molecule has 3 rings (SSSR count). The molecule has 2 aromatic carbocycles. The first-order valence-electron chi connectivity index (χ1n) is 5.65. The number of imidazole rings is 1. The average molecular weight is 273 g/mol. The molecule has 0 aliphatic rings. The molecule has 5 nitrogen and oxygen atoms in total. The topological polar surface area (TPSA) is 74.8 Å². The lowest BCUT2D eigenvalue weighted by molar-refractivity contribution is 0.598. The lowest BCUT2D eigenvalue weighted by atomic mass is 10.1. The Hall–Kier alpha value is -2.34. The van der Waals surface area contributed by atoms with Crippen molar-refractivity contribution in [2.45, 2.75) is 5.03 Å². The van der Waals surface area contributed by atoms with Gasteiger partial charge in [-0.05, 0) is 22.9 Å². The summed E-state index contributed by atoms with van der Waals surface area (Å²) in [6.07, 6.45) is 2.60. The standard InChI is InChI=1S/C13H11N3O2S/c17-19(18,13-8-14-9-15-13)16-12-6-5-10-3-1-2-4-11(10)7-12/h1-9,16H,(H,14,15). The molecule has 0 atom stereocenters. The van der Waals surface area contributed by atoms with E-state index in [0.29, 0.717) is 5.69 Å². The first kappa shape index (κ1) is 11.7. The number of nitrogens with one attached hydrogen (secondary N) is 2. The van der Waals surface area contributed by atoms with Gasteiger partial charge in [0.25, 0.3) is 10.0 Å². The number of hydrogen-bond donors (Lipinski definition) is 2. The van der Waals surface area contributed by atoms with Crippen molar-refractivity contribution in [3.8, 4) is 0 Å². The molecule has 0 saturated heterocycles. The third kappa shape index (κ3) is 2.30. The number of hydrogen-bond acceptors (Lipinski definition) is 3. The molecule has 0 aliphatic carbocycles. The number of benzene rings is 2. The summed E-state index contributed by atoms with van der Waals surface area (Å²) >= 11 is 0. The number of aromatic nitrogens is 2. The molecule has 0 saturated carbocycles. The van der Waals surface area contributed by atoms with E-state index in [9.17, 15) is 8.42 Å². The summed E-state index contributed by atoms with van der Waals surface area (Å²) in [6, 6.07) is 13.2. The van der Waals surface area contributed by atoms with Crippen molar-refractivity contribution in [2.75, 3.05) is 4.72 Å². The summed E-state index contributed by atoms with van der Waals surface area (Å²) in [5, 5.41) is 2.08. The van der Waals surface area contributed by atoms with E-state index in [0.717, 1.165) is 10.8 Å². The van der Waals surface area contributed by atoms with Gasteiger partial charge in [-0.2, -0.15) is 8.42 Å². The Morgan fingerprint density at radius 1 is 1.05 bits per heavy atom. The van der Waals surface area contributed by atoms with Crippen LogP contribution < -0.4 is 4.72 Å². The Morgan fingerprint density at radius 3 is 2.58 bits per heavy atom. The summed E-state index contributed by atoms with van der Waals surface area (Å²) < 4.78 is 26.5. The maximum atomic E-state index is 12.0. The van der Waals surface area contributed by atoms with Crippen LogP contribution in [0, 0.1) is 0 Å². The average Bonchev–Trinajstić information content (AvgIpc) is 2.93. The Balaban J connectivity index is 1.98. The van der Waals surface area contributed by atoms with Crippen LogP contribution in [0.5, 0.6) is 0 Å². The molecule has 96 valence electrons. The highest BCUT2D eigenvalue weighted by Crippen LogP contribution is 2.20. The maximum absolute atomic E-state index is 12.0. The molecule has 1 aromatic heterocycles. The van der Waals surface area contributed by atoms with Gasteiger partial charge in [0, 0.05) is 5.69 Å². The minimum Gasteiger partial charge on any atom is -0.334 e. The van der Waals surface area contributed by atoms with Gasteiger partial charge in [0.2, 0.25) is 0 Å². The van der Waals surface area contributed by atoms with Gasteiger partial charge in [0.15, 0.2) is 5.03 Å². The first-order valence-corrected chi connectivity index (χ1v) is 7.13. The summed E-state index contributed by atoms with van der Waals surface area (Å²) in [7, 11) is -3.61. The fourth-order valence-electron chi connectivity index (χ4n) is 1.85. The van der Waals surface area contributed by atoms with Crippen molar-refractivity contribution in [2.24, 2.45) is 0 Å². The maximum Gasteiger partial charge on any atom is 0.278 e. The van der Waals surface area contributed by atoms with Crippen molar-refractivity contribution >= 4 is 26.5 Å². The Bertz CT molecular complexity index is 811. The number of anilines is 1. The number of nitrogens with zero attached hydrogens (tertiary/aromatic N) is 1. The van der Waals surface area contributed by atoms with Gasteiger partial charge < -0.3 is 4.98 Å². The molecule has 19 heavy (non-hydrogen) atoms. The van der Waals surface area contributed by atoms with Crippen LogP contribution in [0.1, 0.15) is 0 Å². The molecule has 0 amide bonds. The van der Waals surface area contributed by atoms with Gasteiger partial charge in [-0.15, -0.1) is 0 Å². The highest BCUT2D eigenvalue weighted by atomic mass is 32.2. The van der Waals surface area contributed by atoms with E-state index < -0.39 is 10.0 Å². The molecule has 6 heteroatoms. The molecule has 0 radical (unpaired) electrons. The molecular formula is C13H11N3O2S. The normalized spacial score (nSPS) is 11.6.